The van der Waals surface area contributed by atoms with E-state index in [1.54, 1.807) is 0 Å². The topological polar surface area (TPSA) is 56.5 Å². The van der Waals surface area contributed by atoms with Gasteiger partial charge in [0.25, 0.3) is 0 Å². The zero-order valence-electron chi connectivity index (χ0n) is 9.11. The summed E-state index contributed by atoms with van der Waals surface area (Å²) in [7, 11) is 0. The fourth-order valence-electron chi connectivity index (χ4n) is 2.37. The van der Waals surface area contributed by atoms with Gasteiger partial charge in [0.1, 0.15) is 0 Å². The Hall–Kier alpha value is -1.42. The minimum atomic E-state index is 0.269. The van der Waals surface area contributed by atoms with Crippen LogP contribution >= 0.6 is 0 Å². The number of rotatable bonds is 2. The molecular formula is C12H16N2O2. The summed E-state index contributed by atoms with van der Waals surface area (Å²) in [6.07, 6.45) is 3.47. The summed E-state index contributed by atoms with van der Waals surface area (Å²) < 4.78 is 10.6. The minimum absolute atomic E-state index is 0.269. The lowest BCUT2D eigenvalue weighted by Crippen LogP contribution is -2.35. The first kappa shape index (κ1) is 9.78. The number of fused-ring (bicyclic) bond motifs is 1. The van der Waals surface area contributed by atoms with Crippen LogP contribution < -0.4 is 20.5 Å². The van der Waals surface area contributed by atoms with Gasteiger partial charge in [0.2, 0.25) is 6.79 Å². The zero-order chi connectivity index (χ0) is 11.0. The van der Waals surface area contributed by atoms with Crippen LogP contribution in [-0.4, -0.2) is 18.9 Å². The van der Waals surface area contributed by atoms with Crippen LogP contribution in [0.15, 0.2) is 18.2 Å². The van der Waals surface area contributed by atoms with Crippen molar-refractivity contribution in [2.45, 2.75) is 31.3 Å². The molecule has 2 atom stereocenters. The molecule has 3 N–H and O–H groups in total. The Morgan fingerprint density at radius 3 is 2.88 bits per heavy atom. The van der Waals surface area contributed by atoms with Gasteiger partial charge in [-0.1, -0.05) is 0 Å². The van der Waals surface area contributed by atoms with E-state index in [9.17, 15) is 0 Å². The lowest BCUT2D eigenvalue weighted by molar-refractivity contribution is 0.174. The van der Waals surface area contributed by atoms with Gasteiger partial charge in [-0.25, -0.2) is 0 Å². The average Bonchev–Trinajstić information content (AvgIpc) is 2.88. The van der Waals surface area contributed by atoms with Crippen molar-refractivity contribution in [2.24, 2.45) is 5.73 Å². The molecule has 0 amide bonds. The normalized spacial score (nSPS) is 27.1. The van der Waals surface area contributed by atoms with Crippen LogP contribution in [0, 0.1) is 0 Å². The summed E-state index contributed by atoms with van der Waals surface area (Å²) in [5.74, 6) is 1.64. The molecule has 1 heterocycles. The third-order valence-electron chi connectivity index (χ3n) is 3.29. The van der Waals surface area contributed by atoms with E-state index < -0.39 is 0 Å². The van der Waals surface area contributed by atoms with Gasteiger partial charge < -0.3 is 20.5 Å². The summed E-state index contributed by atoms with van der Waals surface area (Å²) >= 11 is 0. The van der Waals surface area contributed by atoms with Gasteiger partial charge in [-0.05, 0) is 31.4 Å². The zero-order valence-corrected chi connectivity index (χ0v) is 9.11. The first-order chi connectivity index (χ1) is 7.83. The van der Waals surface area contributed by atoms with Crippen LogP contribution in [0.3, 0.4) is 0 Å². The van der Waals surface area contributed by atoms with E-state index >= 15 is 0 Å². The van der Waals surface area contributed by atoms with E-state index in [-0.39, 0.29) is 6.04 Å². The Balaban J connectivity index is 1.75. The standard InChI is InChI=1S/C12H16N2O2/c13-9-2-1-3-10(9)14-8-4-5-11-12(6-8)16-7-15-11/h4-6,9-10,14H,1-3,7,13H2. The quantitative estimate of drug-likeness (QED) is 0.796. The molecule has 4 heteroatoms. The SMILES string of the molecule is NC1CCCC1Nc1ccc2c(c1)OCO2. The molecule has 1 fully saturated rings. The van der Waals surface area contributed by atoms with Crippen LogP contribution in [0.2, 0.25) is 0 Å². The maximum Gasteiger partial charge on any atom is 0.231 e. The lowest BCUT2D eigenvalue weighted by Gasteiger charge is -2.18. The number of nitrogens with two attached hydrogens (primary N) is 1. The number of nitrogens with one attached hydrogen (secondary N) is 1. The smallest absolute Gasteiger partial charge is 0.231 e. The first-order valence-corrected chi connectivity index (χ1v) is 5.75. The van der Waals surface area contributed by atoms with Crippen molar-refractivity contribution in [2.75, 3.05) is 12.1 Å². The van der Waals surface area contributed by atoms with Crippen molar-refractivity contribution in [3.05, 3.63) is 18.2 Å². The van der Waals surface area contributed by atoms with Crippen molar-refractivity contribution in [1.82, 2.24) is 0 Å². The summed E-state index contributed by atoms with van der Waals surface area (Å²) in [6.45, 7) is 0.321. The molecule has 0 bridgehead atoms. The summed E-state index contributed by atoms with van der Waals surface area (Å²) in [5.41, 5.74) is 7.08. The molecule has 1 aliphatic heterocycles. The average molecular weight is 220 g/mol. The van der Waals surface area contributed by atoms with E-state index in [1.807, 2.05) is 18.2 Å². The molecule has 2 aliphatic rings. The fourth-order valence-corrected chi connectivity index (χ4v) is 2.37. The maximum atomic E-state index is 6.02. The van der Waals surface area contributed by atoms with Crippen LogP contribution in [0.5, 0.6) is 11.5 Å². The summed E-state index contributed by atoms with van der Waals surface area (Å²) in [6, 6.07) is 6.59. The molecule has 1 aliphatic carbocycles. The number of hydrogen-bond acceptors (Lipinski definition) is 4. The molecule has 0 spiro atoms. The van der Waals surface area contributed by atoms with Crippen LogP contribution in [0.4, 0.5) is 5.69 Å². The van der Waals surface area contributed by atoms with Crippen molar-refractivity contribution in [3.63, 3.8) is 0 Å². The van der Waals surface area contributed by atoms with Gasteiger partial charge in [0, 0.05) is 23.8 Å². The third-order valence-corrected chi connectivity index (χ3v) is 3.29. The molecular weight excluding hydrogens is 204 g/mol. The molecule has 86 valence electrons. The van der Waals surface area contributed by atoms with Gasteiger partial charge in [0.15, 0.2) is 11.5 Å². The first-order valence-electron chi connectivity index (χ1n) is 5.75. The molecule has 3 rings (SSSR count). The van der Waals surface area contributed by atoms with Crippen molar-refractivity contribution in [3.8, 4) is 11.5 Å². The Bertz CT molecular complexity index is 395. The van der Waals surface area contributed by atoms with E-state index in [0.29, 0.717) is 12.8 Å². The number of anilines is 1. The molecule has 16 heavy (non-hydrogen) atoms. The van der Waals surface area contributed by atoms with Crippen molar-refractivity contribution < 1.29 is 9.47 Å². The van der Waals surface area contributed by atoms with E-state index in [0.717, 1.165) is 30.0 Å². The Morgan fingerprint density at radius 1 is 1.19 bits per heavy atom. The van der Waals surface area contributed by atoms with Crippen molar-refractivity contribution in [1.29, 1.82) is 0 Å². The minimum Gasteiger partial charge on any atom is -0.454 e. The molecule has 2 unspecified atom stereocenters. The highest BCUT2D eigenvalue weighted by Gasteiger charge is 2.24. The fraction of sp³-hybridized carbons (Fsp3) is 0.500. The predicted octanol–water partition coefficient (Wildman–Crippen LogP) is 1.71. The predicted molar refractivity (Wildman–Crippen MR) is 61.8 cm³/mol. The monoisotopic (exact) mass is 220 g/mol. The van der Waals surface area contributed by atoms with Gasteiger partial charge in [-0.2, -0.15) is 0 Å². The Kier molecular flexibility index (Phi) is 2.36. The maximum absolute atomic E-state index is 6.02. The largest absolute Gasteiger partial charge is 0.454 e. The van der Waals surface area contributed by atoms with Gasteiger partial charge in [0.05, 0.1) is 0 Å². The van der Waals surface area contributed by atoms with E-state index in [1.165, 1.54) is 6.42 Å². The second-order valence-electron chi connectivity index (χ2n) is 4.41. The number of benzene rings is 1. The van der Waals surface area contributed by atoms with Gasteiger partial charge in [-0.3, -0.25) is 0 Å². The summed E-state index contributed by atoms with van der Waals surface area (Å²) in [5, 5.41) is 3.46. The molecule has 0 aromatic heterocycles. The van der Waals surface area contributed by atoms with E-state index in [2.05, 4.69) is 5.32 Å². The van der Waals surface area contributed by atoms with Crippen LogP contribution in [-0.2, 0) is 0 Å². The molecule has 1 saturated carbocycles. The van der Waals surface area contributed by atoms with Gasteiger partial charge in [-0.15, -0.1) is 0 Å². The van der Waals surface area contributed by atoms with E-state index in [4.69, 9.17) is 15.2 Å². The molecule has 1 aromatic carbocycles. The third kappa shape index (κ3) is 1.69. The molecule has 1 aromatic rings. The van der Waals surface area contributed by atoms with Crippen molar-refractivity contribution >= 4 is 5.69 Å². The Morgan fingerprint density at radius 2 is 2.06 bits per heavy atom. The highest BCUT2D eigenvalue weighted by molar-refractivity contribution is 5.56. The highest BCUT2D eigenvalue weighted by Crippen LogP contribution is 2.35. The second-order valence-corrected chi connectivity index (χ2v) is 4.41. The number of ether oxygens (including phenoxy) is 2. The second kappa shape index (κ2) is 3.87. The molecule has 4 nitrogen and oxygen atoms in total. The lowest BCUT2D eigenvalue weighted by atomic mass is 10.1. The molecule has 0 radical (unpaired) electrons. The number of hydrogen-bond donors (Lipinski definition) is 2. The van der Waals surface area contributed by atoms with Crippen LogP contribution in [0.1, 0.15) is 19.3 Å². The van der Waals surface area contributed by atoms with Crippen LogP contribution in [0.25, 0.3) is 0 Å². The Labute approximate surface area is 94.7 Å². The summed E-state index contributed by atoms with van der Waals surface area (Å²) in [4.78, 5) is 0. The molecule has 0 saturated heterocycles. The highest BCUT2D eigenvalue weighted by atomic mass is 16.7. The van der Waals surface area contributed by atoms with Gasteiger partial charge >= 0.3 is 0 Å².